The number of imidazole rings is 1. The maximum absolute atomic E-state index is 10.9. The number of hydrogen-bond acceptors (Lipinski definition) is 6. The van der Waals surface area contributed by atoms with Crippen LogP contribution in [0, 0.1) is 0 Å². The minimum absolute atomic E-state index is 0.333. The van der Waals surface area contributed by atoms with Gasteiger partial charge in [-0.05, 0) is 51.3 Å². The number of primary amides is 1. The fraction of sp³-hybridized carbons (Fsp3) is 0.130. The number of nitrogens with two attached hydrogens (primary N) is 1. The van der Waals surface area contributed by atoms with Crippen LogP contribution in [0.2, 0.25) is 0 Å². The van der Waals surface area contributed by atoms with Crippen molar-refractivity contribution in [2.24, 2.45) is 5.73 Å². The van der Waals surface area contributed by atoms with E-state index in [1.807, 2.05) is 24.3 Å². The highest BCUT2D eigenvalue weighted by atomic mass is 79.9. The number of fused-ring (bicyclic) bond motifs is 1. The maximum atomic E-state index is 10.9. The molecule has 1 atom stereocenters. The molecule has 1 aromatic heterocycles. The predicted molar refractivity (Wildman–Crippen MR) is 123 cm³/mol. The Balaban J connectivity index is 1.60. The van der Waals surface area contributed by atoms with Gasteiger partial charge in [0.05, 0.1) is 29.7 Å². The highest BCUT2D eigenvalue weighted by Gasteiger charge is 2.17. The molecule has 9 heteroatoms. The molecule has 0 aliphatic rings. The molecule has 32 heavy (non-hydrogen) atoms. The van der Waals surface area contributed by atoms with Gasteiger partial charge >= 0.3 is 6.09 Å². The van der Waals surface area contributed by atoms with Gasteiger partial charge in [-0.3, -0.25) is 0 Å². The van der Waals surface area contributed by atoms with Crippen LogP contribution in [0.5, 0.6) is 17.2 Å². The van der Waals surface area contributed by atoms with Crippen LogP contribution >= 0.6 is 15.9 Å². The first kappa shape index (κ1) is 21.7. The van der Waals surface area contributed by atoms with E-state index in [0.717, 1.165) is 11.1 Å². The summed E-state index contributed by atoms with van der Waals surface area (Å²) >= 11 is 3.45. The second-order valence-electron chi connectivity index (χ2n) is 6.95. The van der Waals surface area contributed by atoms with Gasteiger partial charge < -0.3 is 30.0 Å². The molecule has 0 fully saturated rings. The lowest BCUT2D eigenvalue weighted by Crippen LogP contribution is -2.16. The summed E-state index contributed by atoms with van der Waals surface area (Å²) in [6, 6.07) is 16.0. The fourth-order valence-electron chi connectivity index (χ4n) is 3.42. The molecule has 0 aliphatic carbocycles. The normalized spacial score (nSPS) is 11.9. The number of carbonyl (C=O) groups excluding carboxylic acids is 1. The minimum Gasteiger partial charge on any atom is -0.493 e. The Bertz CT molecular complexity index is 1290. The Kier molecular flexibility index (Phi) is 6.02. The molecule has 3 aromatic carbocycles. The zero-order valence-electron chi connectivity index (χ0n) is 17.3. The predicted octanol–water partition coefficient (Wildman–Crippen LogP) is 4.55. The number of H-pyrrole nitrogens is 1. The van der Waals surface area contributed by atoms with Crippen LogP contribution in [-0.2, 0) is 0 Å². The van der Waals surface area contributed by atoms with Crippen molar-refractivity contribution in [3.05, 3.63) is 70.2 Å². The SMILES string of the molecule is COc1cc(C(O)c2ccc(-c3nc4ccc(OC(N)=O)cc4[nH]3)cc2)cc(Br)c1OC. The van der Waals surface area contributed by atoms with E-state index in [2.05, 4.69) is 25.9 Å². The molecule has 0 saturated carbocycles. The van der Waals surface area contributed by atoms with Gasteiger partial charge in [0.2, 0.25) is 0 Å². The number of nitrogens with one attached hydrogen (secondary N) is 1. The number of nitrogens with zero attached hydrogens (tertiary/aromatic N) is 1. The Labute approximate surface area is 192 Å². The maximum Gasteiger partial charge on any atom is 0.409 e. The van der Waals surface area contributed by atoms with Crippen LogP contribution in [-0.4, -0.2) is 35.4 Å². The lowest BCUT2D eigenvalue weighted by Gasteiger charge is -2.16. The Morgan fingerprint density at radius 3 is 2.47 bits per heavy atom. The lowest BCUT2D eigenvalue weighted by molar-refractivity contribution is 0.211. The molecular formula is C23H20BrN3O5. The second kappa shape index (κ2) is 8.89. The van der Waals surface area contributed by atoms with Gasteiger partial charge in [0.25, 0.3) is 0 Å². The summed E-state index contributed by atoms with van der Waals surface area (Å²) in [7, 11) is 3.10. The van der Waals surface area contributed by atoms with E-state index in [1.54, 1.807) is 44.6 Å². The van der Waals surface area contributed by atoms with Crippen molar-refractivity contribution in [2.45, 2.75) is 6.10 Å². The van der Waals surface area contributed by atoms with Crippen molar-refractivity contribution < 1.29 is 24.1 Å². The van der Waals surface area contributed by atoms with E-state index in [1.165, 1.54) is 0 Å². The molecule has 8 nitrogen and oxygen atoms in total. The Morgan fingerprint density at radius 1 is 1.06 bits per heavy atom. The van der Waals surface area contributed by atoms with Gasteiger partial charge in [-0.1, -0.05) is 24.3 Å². The molecule has 4 N–H and O–H groups in total. The number of aliphatic hydroxyl groups excluding tert-OH is 1. The summed E-state index contributed by atoms with van der Waals surface area (Å²) in [6.07, 6.45) is -1.73. The van der Waals surface area contributed by atoms with Crippen molar-refractivity contribution in [1.82, 2.24) is 9.97 Å². The smallest absolute Gasteiger partial charge is 0.409 e. The van der Waals surface area contributed by atoms with E-state index in [4.69, 9.17) is 19.9 Å². The number of ether oxygens (including phenoxy) is 3. The molecule has 0 saturated heterocycles. The number of aromatic nitrogens is 2. The second-order valence-corrected chi connectivity index (χ2v) is 7.80. The number of halogens is 1. The minimum atomic E-state index is -0.875. The molecule has 4 aromatic rings. The number of benzene rings is 3. The third kappa shape index (κ3) is 4.25. The monoisotopic (exact) mass is 497 g/mol. The number of rotatable bonds is 6. The van der Waals surface area contributed by atoms with Crippen molar-refractivity contribution in [3.8, 4) is 28.6 Å². The van der Waals surface area contributed by atoms with E-state index in [9.17, 15) is 9.90 Å². The largest absolute Gasteiger partial charge is 0.493 e. The topological polar surface area (TPSA) is 120 Å². The number of aliphatic hydroxyl groups is 1. The molecule has 1 unspecified atom stereocenters. The summed E-state index contributed by atoms with van der Waals surface area (Å²) in [4.78, 5) is 18.7. The van der Waals surface area contributed by atoms with Gasteiger partial charge in [-0.15, -0.1) is 0 Å². The lowest BCUT2D eigenvalue weighted by atomic mass is 10.00. The van der Waals surface area contributed by atoms with Crippen LogP contribution < -0.4 is 19.9 Å². The van der Waals surface area contributed by atoms with E-state index < -0.39 is 12.2 Å². The van der Waals surface area contributed by atoms with Gasteiger partial charge in [0, 0.05) is 11.6 Å². The fourth-order valence-corrected chi connectivity index (χ4v) is 4.04. The summed E-state index contributed by atoms with van der Waals surface area (Å²) < 4.78 is 16.3. The van der Waals surface area contributed by atoms with Crippen molar-refractivity contribution in [1.29, 1.82) is 0 Å². The molecule has 0 spiro atoms. The average Bonchev–Trinajstić information content (AvgIpc) is 3.21. The summed E-state index contributed by atoms with van der Waals surface area (Å²) in [5.41, 5.74) is 8.69. The Morgan fingerprint density at radius 2 is 1.81 bits per heavy atom. The van der Waals surface area contributed by atoms with Gasteiger partial charge in [0.1, 0.15) is 17.7 Å². The highest BCUT2D eigenvalue weighted by Crippen LogP contribution is 2.39. The van der Waals surface area contributed by atoms with E-state index in [-0.39, 0.29) is 0 Å². The van der Waals surface area contributed by atoms with Crippen LogP contribution in [0.25, 0.3) is 22.4 Å². The van der Waals surface area contributed by atoms with Crippen LogP contribution in [0.15, 0.2) is 59.1 Å². The first-order chi connectivity index (χ1) is 15.4. The zero-order valence-corrected chi connectivity index (χ0v) is 18.8. The molecule has 164 valence electrons. The standard InChI is InChI=1S/C23H20BrN3O5/c1-30-19-10-14(9-16(24)21(19)31-2)20(28)12-3-5-13(6-4-12)22-26-17-8-7-15(32-23(25)29)11-18(17)27-22/h3-11,20,28H,1-2H3,(H2,25,29)(H,26,27). The molecule has 1 heterocycles. The van der Waals surface area contributed by atoms with Crippen molar-refractivity contribution in [2.75, 3.05) is 14.2 Å². The van der Waals surface area contributed by atoms with Crippen molar-refractivity contribution in [3.63, 3.8) is 0 Å². The molecular weight excluding hydrogens is 478 g/mol. The quantitative estimate of drug-likeness (QED) is 0.359. The van der Waals surface area contributed by atoms with Gasteiger partial charge in [-0.2, -0.15) is 0 Å². The molecule has 1 amide bonds. The van der Waals surface area contributed by atoms with Crippen molar-refractivity contribution >= 4 is 33.1 Å². The number of hydrogen-bond donors (Lipinski definition) is 3. The number of amides is 1. The summed E-state index contributed by atoms with van der Waals surface area (Å²) in [5, 5.41) is 10.9. The zero-order chi connectivity index (χ0) is 22.8. The summed E-state index contributed by atoms with van der Waals surface area (Å²) in [6.45, 7) is 0. The van der Waals surface area contributed by atoms with E-state index >= 15 is 0 Å². The third-order valence-corrected chi connectivity index (χ3v) is 5.53. The van der Waals surface area contributed by atoms with Gasteiger partial charge in [0.15, 0.2) is 11.5 Å². The number of carbonyl (C=O) groups is 1. The highest BCUT2D eigenvalue weighted by molar-refractivity contribution is 9.10. The van der Waals surface area contributed by atoms with Crippen LogP contribution in [0.1, 0.15) is 17.2 Å². The summed E-state index contributed by atoms with van der Waals surface area (Å²) in [5.74, 6) is 2.06. The molecule has 0 bridgehead atoms. The molecule has 4 rings (SSSR count). The first-order valence-electron chi connectivity index (χ1n) is 9.56. The number of methoxy groups -OCH3 is 2. The van der Waals surface area contributed by atoms with E-state index in [0.29, 0.717) is 44.2 Å². The van der Waals surface area contributed by atoms with Gasteiger partial charge in [-0.25, -0.2) is 9.78 Å². The Hall–Kier alpha value is -3.56. The van der Waals surface area contributed by atoms with Crippen LogP contribution in [0.3, 0.4) is 0 Å². The van der Waals surface area contributed by atoms with Crippen LogP contribution in [0.4, 0.5) is 4.79 Å². The third-order valence-electron chi connectivity index (χ3n) is 4.94. The number of aromatic amines is 1. The molecule has 0 radical (unpaired) electrons. The molecule has 0 aliphatic heterocycles. The average molecular weight is 498 g/mol. The first-order valence-corrected chi connectivity index (χ1v) is 10.4.